The molecule has 16 heavy (non-hydrogen) atoms. The Morgan fingerprint density at radius 2 is 2.06 bits per heavy atom. The van der Waals surface area contributed by atoms with Gasteiger partial charge in [-0.1, -0.05) is 12.1 Å². The number of aliphatic hydroxyl groups excluding tert-OH is 1. The maximum atomic E-state index is 11.6. The monoisotopic (exact) mass is 239 g/mol. The second-order valence-electron chi connectivity index (χ2n) is 3.46. The third-order valence-corrected chi connectivity index (χ3v) is 2.77. The van der Waals surface area contributed by atoms with Crippen molar-refractivity contribution < 1.29 is 9.90 Å². The first-order valence-electron chi connectivity index (χ1n) is 5.25. The maximum Gasteiger partial charge on any atom is 0.251 e. The van der Waals surface area contributed by atoms with Gasteiger partial charge in [0, 0.05) is 24.5 Å². The van der Waals surface area contributed by atoms with Crippen LogP contribution in [0.1, 0.15) is 22.3 Å². The zero-order chi connectivity index (χ0) is 11.8. The van der Waals surface area contributed by atoms with Crippen LogP contribution in [0.15, 0.2) is 24.3 Å². The molecular formula is C12H17NO2S. The second-order valence-corrected chi connectivity index (χ2v) is 4.33. The van der Waals surface area contributed by atoms with Gasteiger partial charge in [0.2, 0.25) is 0 Å². The topological polar surface area (TPSA) is 49.3 Å². The van der Waals surface area contributed by atoms with Crippen molar-refractivity contribution in [3.63, 3.8) is 0 Å². The molecule has 0 atom stereocenters. The number of thioether (sulfide) groups is 1. The average molecular weight is 239 g/mol. The molecule has 1 aromatic rings. The van der Waals surface area contributed by atoms with Crippen LogP contribution >= 0.6 is 11.8 Å². The zero-order valence-electron chi connectivity index (χ0n) is 9.40. The minimum Gasteiger partial charge on any atom is -0.396 e. The molecule has 0 fully saturated rings. The molecule has 4 heteroatoms. The van der Waals surface area contributed by atoms with Crippen molar-refractivity contribution in [1.82, 2.24) is 5.32 Å². The van der Waals surface area contributed by atoms with Gasteiger partial charge in [0.15, 0.2) is 0 Å². The number of rotatable bonds is 6. The third-order valence-electron chi connectivity index (χ3n) is 2.15. The van der Waals surface area contributed by atoms with E-state index in [2.05, 4.69) is 11.6 Å². The Balaban J connectivity index is 2.49. The van der Waals surface area contributed by atoms with Crippen LogP contribution in [0.25, 0.3) is 0 Å². The van der Waals surface area contributed by atoms with E-state index in [0.29, 0.717) is 18.5 Å². The highest BCUT2D eigenvalue weighted by Crippen LogP contribution is 2.10. The van der Waals surface area contributed by atoms with Crippen molar-refractivity contribution in [2.75, 3.05) is 19.4 Å². The average Bonchev–Trinajstić information content (AvgIpc) is 2.30. The molecule has 0 bridgehead atoms. The van der Waals surface area contributed by atoms with E-state index in [1.807, 2.05) is 24.3 Å². The Morgan fingerprint density at radius 3 is 2.62 bits per heavy atom. The van der Waals surface area contributed by atoms with E-state index in [4.69, 9.17) is 5.11 Å². The first-order valence-corrected chi connectivity index (χ1v) is 6.64. The molecule has 0 unspecified atom stereocenters. The number of carbonyl (C=O) groups is 1. The summed E-state index contributed by atoms with van der Waals surface area (Å²) in [5, 5.41) is 11.3. The van der Waals surface area contributed by atoms with Crippen LogP contribution < -0.4 is 5.32 Å². The van der Waals surface area contributed by atoms with Gasteiger partial charge < -0.3 is 10.4 Å². The molecular weight excluding hydrogens is 222 g/mol. The van der Waals surface area contributed by atoms with E-state index in [0.717, 1.165) is 5.75 Å². The van der Waals surface area contributed by atoms with Crippen LogP contribution in [0, 0.1) is 0 Å². The van der Waals surface area contributed by atoms with Crippen LogP contribution in [0.4, 0.5) is 0 Å². The summed E-state index contributed by atoms with van der Waals surface area (Å²) >= 11 is 1.76. The van der Waals surface area contributed by atoms with Crippen molar-refractivity contribution in [3.8, 4) is 0 Å². The highest BCUT2D eigenvalue weighted by atomic mass is 32.2. The summed E-state index contributed by atoms with van der Waals surface area (Å²) in [6.45, 7) is 0.620. The van der Waals surface area contributed by atoms with E-state index >= 15 is 0 Å². The van der Waals surface area contributed by atoms with Crippen molar-refractivity contribution in [1.29, 1.82) is 0 Å². The summed E-state index contributed by atoms with van der Waals surface area (Å²) in [5.41, 5.74) is 1.89. The fourth-order valence-corrected chi connectivity index (χ4v) is 1.83. The van der Waals surface area contributed by atoms with E-state index < -0.39 is 0 Å². The molecule has 1 rings (SSSR count). The molecule has 0 saturated heterocycles. The molecule has 0 aromatic heterocycles. The smallest absolute Gasteiger partial charge is 0.251 e. The van der Waals surface area contributed by atoms with E-state index in [1.165, 1.54) is 5.56 Å². The van der Waals surface area contributed by atoms with E-state index in [-0.39, 0.29) is 12.5 Å². The lowest BCUT2D eigenvalue weighted by Gasteiger charge is -2.04. The number of hydrogen-bond donors (Lipinski definition) is 2. The molecule has 0 heterocycles. The number of nitrogens with one attached hydrogen (secondary N) is 1. The SMILES string of the molecule is CSCc1ccc(C(=O)NCCCO)cc1. The van der Waals surface area contributed by atoms with Crippen LogP contribution in [0.2, 0.25) is 0 Å². The molecule has 0 aliphatic heterocycles. The molecule has 0 aliphatic carbocycles. The Morgan fingerprint density at radius 1 is 1.38 bits per heavy atom. The van der Waals surface area contributed by atoms with Crippen molar-refractivity contribution >= 4 is 17.7 Å². The number of amides is 1. The van der Waals surface area contributed by atoms with Crippen molar-refractivity contribution in [2.24, 2.45) is 0 Å². The predicted molar refractivity (Wildman–Crippen MR) is 67.7 cm³/mol. The second kappa shape index (κ2) is 7.30. The molecule has 0 saturated carbocycles. The maximum absolute atomic E-state index is 11.6. The van der Waals surface area contributed by atoms with Gasteiger partial charge in [-0.2, -0.15) is 11.8 Å². The first-order chi connectivity index (χ1) is 7.77. The van der Waals surface area contributed by atoms with Gasteiger partial charge in [-0.15, -0.1) is 0 Å². The van der Waals surface area contributed by atoms with Gasteiger partial charge in [-0.25, -0.2) is 0 Å². The first kappa shape index (κ1) is 13.1. The quantitative estimate of drug-likeness (QED) is 0.742. The van der Waals surface area contributed by atoms with Crippen molar-refractivity contribution in [3.05, 3.63) is 35.4 Å². The fraction of sp³-hybridized carbons (Fsp3) is 0.417. The molecule has 1 aromatic carbocycles. The number of benzene rings is 1. The minimum absolute atomic E-state index is 0.0795. The summed E-state index contributed by atoms with van der Waals surface area (Å²) in [6.07, 6.45) is 2.64. The van der Waals surface area contributed by atoms with Crippen LogP contribution in [0.3, 0.4) is 0 Å². The Labute approximate surface area is 100 Å². The lowest BCUT2D eigenvalue weighted by atomic mass is 10.1. The summed E-state index contributed by atoms with van der Waals surface area (Å²) in [7, 11) is 0. The molecule has 88 valence electrons. The highest BCUT2D eigenvalue weighted by molar-refractivity contribution is 7.97. The number of hydrogen-bond acceptors (Lipinski definition) is 3. The van der Waals surface area contributed by atoms with Crippen LogP contribution in [-0.2, 0) is 5.75 Å². The molecule has 2 N–H and O–H groups in total. The summed E-state index contributed by atoms with van der Waals surface area (Å²) < 4.78 is 0. The Bertz CT molecular complexity index is 324. The van der Waals surface area contributed by atoms with Gasteiger partial charge in [-0.05, 0) is 30.4 Å². The standard InChI is InChI=1S/C12H17NO2S/c1-16-9-10-3-5-11(6-4-10)12(15)13-7-2-8-14/h3-6,14H,2,7-9H2,1H3,(H,13,15). The van der Waals surface area contributed by atoms with E-state index in [9.17, 15) is 4.79 Å². The molecule has 3 nitrogen and oxygen atoms in total. The summed E-state index contributed by atoms with van der Waals surface area (Å²) in [5.74, 6) is 0.885. The Hall–Kier alpha value is -1.00. The predicted octanol–water partition coefficient (Wildman–Crippen LogP) is 1.66. The van der Waals surface area contributed by atoms with Gasteiger partial charge in [0.05, 0.1) is 0 Å². The van der Waals surface area contributed by atoms with Crippen LogP contribution in [0.5, 0.6) is 0 Å². The molecule has 0 radical (unpaired) electrons. The normalized spacial score (nSPS) is 10.1. The minimum atomic E-state index is -0.0795. The number of carbonyl (C=O) groups excluding carboxylic acids is 1. The van der Waals surface area contributed by atoms with Crippen molar-refractivity contribution in [2.45, 2.75) is 12.2 Å². The van der Waals surface area contributed by atoms with Gasteiger partial charge in [0.25, 0.3) is 5.91 Å². The summed E-state index contributed by atoms with van der Waals surface area (Å²) in [4.78, 5) is 11.6. The Kier molecular flexibility index (Phi) is 5.96. The fourth-order valence-electron chi connectivity index (χ4n) is 1.30. The van der Waals surface area contributed by atoms with Gasteiger partial charge >= 0.3 is 0 Å². The lowest BCUT2D eigenvalue weighted by molar-refractivity contribution is 0.0951. The molecule has 1 amide bonds. The lowest BCUT2D eigenvalue weighted by Crippen LogP contribution is -2.24. The molecule has 0 spiro atoms. The number of aliphatic hydroxyl groups is 1. The molecule has 0 aliphatic rings. The van der Waals surface area contributed by atoms with Crippen LogP contribution in [-0.4, -0.2) is 30.4 Å². The third kappa shape index (κ3) is 4.24. The largest absolute Gasteiger partial charge is 0.396 e. The summed E-state index contributed by atoms with van der Waals surface area (Å²) in [6, 6.07) is 7.61. The van der Waals surface area contributed by atoms with Gasteiger partial charge in [0.1, 0.15) is 0 Å². The highest BCUT2D eigenvalue weighted by Gasteiger charge is 2.03. The van der Waals surface area contributed by atoms with E-state index in [1.54, 1.807) is 11.8 Å². The van der Waals surface area contributed by atoms with Gasteiger partial charge in [-0.3, -0.25) is 4.79 Å². The zero-order valence-corrected chi connectivity index (χ0v) is 10.2.